The maximum absolute atomic E-state index is 13.5. The number of carbonyl (C=O) groups excluding carboxylic acids is 2. The number of ether oxygens (including phenoxy) is 2. The first-order chi connectivity index (χ1) is 27.5. The van der Waals surface area contributed by atoms with Crippen LogP contribution in [-0.4, -0.2) is 66.3 Å². The minimum absolute atomic E-state index is 0.0147. The van der Waals surface area contributed by atoms with Crippen molar-refractivity contribution < 1.29 is 27.9 Å². The van der Waals surface area contributed by atoms with E-state index in [4.69, 9.17) is 24.1 Å². The molecule has 5 rings (SSSR count). The number of nitrogen functional groups attached to an aromatic ring is 1. The number of rotatable bonds is 18. The number of nitrogens with one attached hydrogen (secondary N) is 1. The first-order valence-corrected chi connectivity index (χ1v) is 21.2. The number of esters is 1. The van der Waals surface area contributed by atoms with Gasteiger partial charge in [-0.3, -0.25) is 4.79 Å². The SMILES string of the molecule is CCN(CC)c1ccc2cc(C(=O)NCCOCCOC(=O)C(/C=C/c3ccc(N)cc3)=C/CO[Si](c3ccccc3)(c3ccccc3)C(C)(C)C)c(=O)oc2c1. The number of carbonyl (C=O) groups is 2. The maximum atomic E-state index is 13.5. The Kier molecular flexibility index (Phi) is 14.8. The zero-order valence-corrected chi connectivity index (χ0v) is 34.5. The topological polar surface area (TPSA) is 133 Å². The number of hydrogen-bond acceptors (Lipinski definition) is 9. The third-order valence-corrected chi connectivity index (χ3v) is 14.7. The summed E-state index contributed by atoms with van der Waals surface area (Å²) in [5.41, 5.74) is 8.28. The second kappa shape index (κ2) is 19.9. The number of nitrogens with two attached hydrogens (primary N) is 1. The Morgan fingerprint density at radius 1 is 0.842 bits per heavy atom. The molecule has 5 aromatic rings. The van der Waals surface area contributed by atoms with Crippen molar-refractivity contribution in [1.82, 2.24) is 5.32 Å². The van der Waals surface area contributed by atoms with E-state index < -0.39 is 25.8 Å². The van der Waals surface area contributed by atoms with Gasteiger partial charge in [-0.15, -0.1) is 0 Å². The first kappa shape index (κ1) is 42.4. The number of nitrogens with zero attached hydrogens (tertiary/aromatic N) is 1. The predicted molar refractivity (Wildman–Crippen MR) is 232 cm³/mol. The lowest BCUT2D eigenvalue weighted by Crippen LogP contribution is -2.66. The predicted octanol–water partition coefficient (Wildman–Crippen LogP) is 6.73. The van der Waals surface area contributed by atoms with Gasteiger partial charge in [-0.1, -0.05) is 99.6 Å². The fraction of sp³-hybridized carbons (Fsp3) is 0.283. The summed E-state index contributed by atoms with van der Waals surface area (Å²) < 4.78 is 23.8. The van der Waals surface area contributed by atoms with Crippen LogP contribution in [0.4, 0.5) is 11.4 Å². The van der Waals surface area contributed by atoms with Crippen LogP contribution in [0.3, 0.4) is 0 Å². The average Bonchev–Trinajstić information content (AvgIpc) is 3.21. The van der Waals surface area contributed by atoms with Crippen LogP contribution in [0, 0.1) is 0 Å². The van der Waals surface area contributed by atoms with E-state index in [1.54, 1.807) is 24.3 Å². The molecular weight excluding hydrogens is 735 g/mol. The zero-order chi connectivity index (χ0) is 40.8. The van der Waals surface area contributed by atoms with Crippen LogP contribution in [0.25, 0.3) is 17.0 Å². The minimum atomic E-state index is -2.85. The van der Waals surface area contributed by atoms with Crippen molar-refractivity contribution in [2.45, 2.75) is 39.7 Å². The number of benzene rings is 4. The Hall–Kier alpha value is -5.75. The van der Waals surface area contributed by atoms with Crippen LogP contribution in [0.2, 0.25) is 5.04 Å². The van der Waals surface area contributed by atoms with Crippen molar-refractivity contribution >= 4 is 59.0 Å². The quantitative estimate of drug-likeness (QED) is 0.0189. The van der Waals surface area contributed by atoms with Gasteiger partial charge in [0.05, 0.1) is 25.4 Å². The molecule has 3 N–H and O–H groups in total. The fourth-order valence-electron chi connectivity index (χ4n) is 6.78. The smallest absolute Gasteiger partial charge is 0.349 e. The molecule has 0 radical (unpaired) electrons. The molecule has 298 valence electrons. The molecule has 0 spiro atoms. The monoisotopic (exact) mass is 787 g/mol. The van der Waals surface area contributed by atoms with Gasteiger partial charge < -0.3 is 34.3 Å². The lowest BCUT2D eigenvalue weighted by atomic mass is 10.1. The molecule has 0 atom stereocenters. The van der Waals surface area contributed by atoms with E-state index in [0.717, 1.165) is 34.7 Å². The highest BCUT2D eigenvalue weighted by Gasteiger charge is 2.50. The number of amides is 1. The van der Waals surface area contributed by atoms with Crippen LogP contribution in [0.5, 0.6) is 0 Å². The van der Waals surface area contributed by atoms with Crippen LogP contribution < -0.4 is 31.9 Å². The van der Waals surface area contributed by atoms with Gasteiger partial charge >= 0.3 is 11.6 Å². The molecule has 0 fully saturated rings. The number of fused-ring (bicyclic) bond motifs is 1. The molecule has 0 bridgehead atoms. The lowest BCUT2D eigenvalue weighted by Gasteiger charge is -2.42. The molecule has 0 aliphatic carbocycles. The van der Waals surface area contributed by atoms with E-state index >= 15 is 0 Å². The molecule has 1 heterocycles. The van der Waals surface area contributed by atoms with E-state index in [0.29, 0.717) is 22.2 Å². The summed E-state index contributed by atoms with van der Waals surface area (Å²) in [5.74, 6) is -1.09. The summed E-state index contributed by atoms with van der Waals surface area (Å²) in [4.78, 5) is 41.2. The minimum Gasteiger partial charge on any atom is -0.460 e. The molecular formula is C46H53N3O7Si. The highest BCUT2D eigenvalue weighted by molar-refractivity contribution is 6.99. The van der Waals surface area contributed by atoms with E-state index in [1.165, 1.54) is 6.07 Å². The van der Waals surface area contributed by atoms with Crippen LogP contribution in [0.15, 0.2) is 136 Å². The first-order valence-electron chi connectivity index (χ1n) is 19.3. The maximum Gasteiger partial charge on any atom is 0.349 e. The van der Waals surface area contributed by atoms with Crippen molar-refractivity contribution in [2.75, 3.05) is 56.7 Å². The standard InChI is InChI=1S/C46H53N3O7Si/c1-6-49(7-2)38-25-22-36-32-41(45(52)56-42(36)33-38)43(50)48-27-29-53-30-31-54-44(51)35(21-18-34-19-23-37(47)24-20-34)26-28-55-57(46(3,4)5,39-14-10-8-11-15-39)40-16-12-9-13-17-40/h8-26,32-33H,6-7,27-31,47H2,1-5H3,(H,48,50)/b21-18+,35-26+. The summed E-state index contributed by atoms with van der Waals surface area (Å²) >= 11 is 0. The number of hydrogen-bond donors (Lipinski definition) is 2. The molecule has 0 aliphatic rings. The van der Waals surface area contributed by atoms with E-state index in [1.807, 2.05) is 72.8 Å². The molecule has 57 heavy (non-hydrogen) atoms. The van der Waals surface area contributed by atoms with Gasteiger partial charge in [0.15, 0.2) is 0 Å². The highest BCUT2D eigenvalue weighted by Crippen LogP contribution is 2.36. The van der Waals surface area contributed by atoms with Crippen molar-refractivity contribution in [3.8, 4) is 0 Å². The van der Waals surface area contributed by atoms with Crippen molar-refractivity contribution in [3.63, 3.8) is 0 Å². The van der Waals surface area contributed by atoms with Crippen LogP contribution in [-0.2, 0) is 18.7 Å². The zero-order valence-electron chi connectivity index (χ0n) is 33.5. The Bertz CT molecular complexity index is 2170. The summed E-state index contributed by atoms with van der Waals surface area (Å²) in [6.45, 7) is 12.9. The molecule has 0 saturated heterocycles. The summed E-state index contributed by atoms with van der Waals surface area (Å²) in [7, 11) is -2.85. The molecule has 10 nitrogen and oxygen atoms in total. The van der Waals surface area contributed by atoms with Crippen LogP contribution >= 0.6 is 0 Å². The second-order valence-electron chi connectivity index (χ2n) is 14.5. The Balaban J connectivity index is 1.20. The fourth-order valence-corrected chi connectivity index (χ4v) is 11.3. The Labute approximate surface area is 336 Å². The number of anilines is 2. The molecule has 4 aromatic carbocycles. The second-order valence-corrected chi connectivity index (χ2v) is 18.8. The van der Waals surface area contributed by atoms with Gasteiger partial charge in [0.2, 0.25) is 0 Å². The van der Waals surface area contributed by atoms with Crippen molar-refractivity contribution in [3.05, 3.63) is 148 Å². The Morgan fingerprint density at radius 3 is 2.11 bits per heavy atom. The van der Waals surface area contributed by atoms with Crippen LogP contribution in [0.1, 0.15) is 50.5 Å². The largest absolute Gasteiger partial charge is 0.460 e. The van der Waals surface area contributed by atoms with Gasteiger partial charge in [0.1, 0.15) is 17.8 Å². The van der Waals surface area contributed by atoms with Crippen molar-refractivity contribution in [1.29, 1.82) is 0 Å². The van der Waals surface area contributed by atoms with Gasteiger partial charge in [-0.2, -0.15) is 0 Å². The van der Waals surface area contributed by atoms with E-state index in [2.05, 4.69) is 69.1 Å². The van der Waals surface area contributed by atoms with Gasteiger partial charge in [-0.05, 0) is 77.3 Å². The molecule has 1 aromatic heterocycles. The van der Waals surface area contributed by atoms with Gasteiger partial charge in [0.25, 0.3) is 14.2 Å². The summed E-state index contributed by atoms with van der Waals surface area (Å²) in [6.07, 6.45) is 5.31. The molecule has 1 amide bonds. The molecule has 0 aliphatic heterocycles. The highest BCUT2D eigenvalue weighted by atomic mass is 28.4. The molecule has 0 saturated carbocycles. The van der Waals surface area contributed by atoms with Gasteiger partial charge in [0, 0.05) is 42.5 Å². The summed E-state index contributed by atoms with van der Waals surface area (Å²) in [6, 6.07) is 35.1. The third kappa shape index (κ3) is 10.8. The normalized spacial score (nSPS) is 12.2. The average molecular weight is 788 g/mol. The molecule has 0 unspecified atom stereocenters. The van der Waals surface area contributed by atoms with Gasteiger partial charge in [-0.25, -0.2) is 9.59 Å². The Morgan fingerprint density at radius 2 is 1.49 bits per heavy atom. The van der Waals surface area contributed by atoms with E-state index in [-0.39, 0.29) is 43.6 Å². The molecule has 11 heteroatoms. The van der Waals surface area contributed by atoms with E-state index in [9.17, 15) is 14.4 Å². The van der Waals surface area contributed by atoms with Crippen molar-refractivity contribution in [2.24, 2.45) is 0 Å². The third-order valence-electron chi connectivity index (χ3n) is 9.73. The lowest BCUT2D eigenvalue weighted by molar-refractivity contribution is -0.140. The summed E-state index contributed by atoms with van der Waals surface area (Å²) in [5, 5.41) is 5.39.